The number of hydrogen-bond donors (Lipinski definition) is 2. The van der Waals surface area contributed by atoms with Crippen LogP contribution in [0.4, 0.5) is 0 Å². The highest BCUT2D eigenvalue weighted by molar-refractivity contribution is 7.90. The van der Waals surface area contributed by atoms with E-state index in [0.717, 1.165) is 24.8 Å². The summed E-state index contributed by atoms with van der Waals surface area (Å²) in [6.07, 6.45) is 3.56. The summed E-state index contributed by atoms with van der Waals surface area (Å²) < 4.78 is 29.1. The number of benzene rings is 1. The average Bonchev–Trinajstić information content (AvgIpc) is 3.15. The molecule has 1 unspecified atom stereocenters. The first kappa shape index (κ1) is 18.3. The molecule has 26 heavy (non-hydrogen) atoms. The van der Waals surface area contributed by atoms with Crippen LogP contribution < -0.4 is 15.4 Å². The fourth-order valence-corrected chi connectivity index (χ4v) is 3.39. The van der Waals surface area contributed by atoms with Crippen LogP contribution >= 0.6 is 0 Å². The lowest BCUT2D eigenvalue weighted by Gasteiger charge is -2.13. The van der Waals surface area contributed by atoms with Crippen molar-refractivity contribution in [2.75, 3.05) is 19.3 Å². The Kier molecular flexibility index (Phi) is 5.53. The number of aromatic nitrogens is 1. The normalized spacial score (nSPS) is 17.0. The highest BCUT2D eigenvalue weighted by Crippen LogP contribution is 2.25. The van der Waals surface area contributed by atoms with E-state index < -0.39 is 9.84 Å². The minimum atomic E-state index is -3.32. The van der Waals surface area contributed by atoms with Gasteiger partial charge in [0.1, 0.15) is 5.75 Å². The monoisotopic (exact) mass is 375 g/mol. The number of pyridine rings is 1. The first-order chi connectivity index (χ1) is 12.4. The van der Waals surface area contributed by atoms with Crippen molar-refractivity contribution in [3.05, 3.63) is 48.2 Å². The third-order valence-corrected chi connectivity index (χ3v) is 5.29. The molecule has 1 aromatic heterocycles. The molecule has 1 saturated heterocycles. The van der Waals surface area contributed by atoms with E-state index in [9.17, 15) is 13.2 Å². The van der Waals surface area contributed by atoms with E-state index in [1.807, 2.05) is 6.07 Å². The van der Waals surface area contributed by atoms with Crippen molar-refractivity contribution in [2.45, 2.75) is 17.9 Å². The topological polar surface area (TPSA) is 97.4 Å². The van der Waals surface area contributed by atoms with E-state index >= 15 is 0 Å². The minimum Gasteiger partial charge on any atom is -0.439 e. The lowest BCUT2D eigenvalue weighted by atomic mass is 10.1. The van der Waals surface area contributed by atoms with Crippen LogP contribution in [0.2, 0.25) is 0 Å². The summed E-state index contributed by atoms with van der Waals surface area (Å²) in [6, 6.07) is 9.82. The molecule has 1 aromatic carbocycles. The number of ether oxygens (including phenoxy) is 1. The molecule has 0 radical (unpaired) electrons. The molecular weight excluding hydrogens is 354 g/mol. The van der Waals surface area contributed by atoms with Gasteiger partial charge in [0, 0.05) is 31.1 Å². The van der Waals surface area contributed by atoms with Crippen LogP contribution in [0, 0.1) is 5.92 Å². The van der Waals surface area contributed by atoms with E-state index in [-0.39, 0.29) is 16.7 Å². The Morgan fingerprint density at radius 2 is 2.19 bits per heavy atom. The summed E-state index contributed by atoms with van der Waals surface area (Å²) in [5, 5.41) is 6.07. The van der Waals surface area contributed by atoms with Crippen molar-refractivity contribution in [2.24, 2.45) is 5.92 Å². The van der Waals surface area contributed by atoms with Crippen LogP contribution in [0.25, 0.3) is 0 Å². The summed E-state index contributed by atoms with van der Waals surface area (Å²) in [6.45, 7) is 1.85. The van der Waals surface area contributed by atoms with Gasteiger partial charge < -0.3 is 15.4 Å². The Morgan fingerprint density at radius 1 is 1.35 bits per heavy atom. The van der Waals surface area contributed by atoms with E-state index in [4.69, 9.17) is 4.74 Å². The maximum Gasteiger partial charge on any atom is 0.224 e. The van der Waals surface area contributed by atoms with E-state index in [1.165, 1.54) is 12.1 Å². The molecule has 1 fully saturated rings. The molecular formula is C18H21N3O4S. The van der Waals surface area contributed by atoms with Gasteiger partial charge in [-0.25, -0.2) is 13.4 Å². The molecule has 2 N–H and O–H groups in total. The van der Waals surface area contributed by atoms with Gasteiger partial charge in [0.2, 0.25) is 11.8 Å². The Morgan fingerprint density at radius 3 is 2.92 bits per heavy atom. The third kappa shape index (κ3) is 4.59. The number of rotatable bonds is 6. The number of nitrogens with zero attached hydrogens (tertiary/aromatic N) is 1. The Hall–Kier alpha value is -2.45. The molecule has 1 aliphatic rings. The molecule has 3 rings (SSSR count). The van der Waals surface area contributed by atoms with Crippen molar-refractivity contribution in [1.29, 1.82) is 0 Å². The van der Waals surface area contributed by atoms with E-state index in [1.54, 1.807) is 24.4 Å². The van der Waals surface area contributed by atoms with E-state index in [2.05, 4.69) is 15.6 Å². The molecule has 0 saturated carbocycles. The summed E-state index contributed by atoms with van der Waals surface area (Å²) in [5.74, 6) is 0.702. The highest BCUT2D eigenvalue weighted by atomic mass is 32.2. The smallest absolute Gasteiger partial charge is 0.224 e. The van der Waals surface area contributed by atoms with Crippen LogP contribution in [-0.2, 0) is 21.2 Å². The zero-order valence-corrected chi connectivity index (χ0v) is 15.3. The summed E-state index contributed by atoms with van der Waals surface area (Å²) >= 11 is 0. The lowest BCUT2D eigenvalue weighted by Crippen LogP contribution is -2.31. The van der Waals surface area contributed by atoms with Gasteiger partial charge in [0.05, 0.1) is 10.8 Å². The predicted octanol–water partition coefficient (Wildman–Crippen LogP) is 1.50. The largest absolute Gasteiger partial charge is 0.439 e. The van der Waals surface area contributed by atoms with Gasteiger partial charge in [-0.1, -0.05) is 12.1 Å². The Labute approximate surface area is 152 Å². The van der Waals surface area contributed by atoms with Crippen LogP contribution in [0.5, 0.6) is 11.6 Å². The zero-order chi connectivity index (χ0) is 18.6. The quantitative estimate of drug-likeness (QED) is 0.794. The highest BCUT2D eigenvalue weighted by Gasteiger charge is 2.22. The Bertz CT molecular complexity index is 893. The summed E-state index contributed by atoms with van der Waals surface area (Å²) in [7, 11) is -3.32. The number of amides is 1. The molecule has 1 aliphatic heterocycles. The molecule has 7 nitrogen and oxygen atoms in total. The summed E-state index contributed by atoms with van der Waals surface area (Å²) in [5.41, 5.74) is 0.719. The van der Waals surface area contributed by atoms with Crippen molar-refractivity contribution in [1.82, 2.24) is 15.6 Å². The number of carbonyl (C=O) groups excluding carboxylic acids is 1. The van der Waals surface area contributed by atoms with Gasteiger partial charge in [-0.15, -0.1) is 0 Å². The van der Waals surface area contributed by atoms with Crippen molar-refractivity contribution < 1.29 is 17.9 Å². The molecule has 2 aromatic rings. The molecule has 0 aliphatic carbocycles. The molecule has 8 heteroatoms. The summed E-state index contributed by atoms with van der Waals surface area (Å²) in [4.78, 5) is 16.5. The van der Waals surface area contributed by atoms with Gasteiger partial charge in [0.15, 0.2) is 9.84 Å². The van der Waals surface area contributed by atoms with Gasteiger partial charge in [0.25, 0.3) is 0 Å². The first-order valence-corrected chi connectivity index (χ1v) is 10.2. The predicted molar refractivity (Wildman–Crippen MR) is 96.7 cm³/mol. The van der Waals surface area contributed by atoms with Crippen molar-refractivity contribution >= 4 is 15.7 Å². The van der Waals surface area contributed by atoms with Crippen molar-refractivity contribution in [3.63, 3.8) is 0 Å². The van der Waals surface area contributed by atoms with Gasteiger partial charge in [-0.3, -0.25) is 4.79 Å². The maximum atomic E-state index is 12.2. The molecule has 1 atom stereocenters. The fourth-order valence-electron chi connectivity index (χ4n) is 2.74. The lowest BCUT2D eigenvalue weighted by molar-refractivity contribution is -0.124. The van der Waals surface area contributed by atoms with Gasteiger partial charge in [-0.05, 0) is 37.2 Å². The molecule has 0 bridgehead atoms. The fraction of sp³-hybridized carbons (Fsp3) is 0.333. The van der Waals surface area contributed by atoms with Crippen LogP contribution in [0.1, 0.15) is 12.0 Å². The SMILES string of the molecule is CS(=O)(=O)c1cccc(Oc2ncccc2CNC(=O)C2CCNC2)c1. The zero-order valence-electron chi connectivity index (χ0n) is 14.4. The third-order valence-electron chi connectivity index (χ3n) is 4.18. The molecule has 2 heterocycles. The van der Waals surface area contributed by atoms with Crippen LogP contribution in [0.3, 0.4) is 0 Å². The number of carbonyl (C=O) groups is 1. The maximum absolute atomic E-state index is 12.2. The number of hydrogen-bond acceptors (Lipinski definition) is 6. The standard InChI is InChI=1S/C18H21N3O4S/c1-26(23,24)16-6-2-5-15(10-16)25-18-14(4-3-8-20-18)12-21-17(22)13-7-9-19-11-13/h2-6,8,10,13,19H,7,9,11-12H2,1H3,(H,21,22). The average molecular weight is 375 g/mol. The molecule has 138 valence electrons. The van der Waals surface area contributed by atoms with E-state index in [0.29, 0.717) is 24.7 Å². The second-order valence-electron chi connectivity index (χ2n) is 6.22. The van der Waals surface area contributed by atoms with Crippen molar-refractivity contribution in [3.8, 4) is 11.6 Å². The molecule has 1 amide bonds. The molecule has 0 spiro atoms. The second-order valence-corrected chi connectivity index (χ2v) is 8.24. The van der Waals surface area contributed by atoms with Gasteiger partial charge >= 0.3 is 0 Å². The van der Waals surface area contributed by atoms with Gasteiger partial charge in [-0.2, -0.15) is 0 Å². The van der Waals surface area contributed by atoms with Crippen LogP contribution in [-0.4, -0.2) is 38.7 Å². The number of sulfone groups is 1. The number of nitrogens with one attached hydrogen (secondary N) is 2. The van der Waals surface area contributed by atoms with Crippen LogP contribution in [0.15, 0.2) is 47.5 Å². The minimum absolute atomic E-state index is 0.00359. The first-order valence-electron chi connectivity index (χ1n) is 8.34. The second kappa shape index (κ2) is 7.84. The Balaban J connectivity index is 1.72.